The van der Waals surface area contributed by atoms with Crippen LogP contribution in [0.3, 0.4) is 0 Å². The molecule has 0 bridgehead atoms. The van der Waals surface area contributed by atoms with E-state index in [9.17, 15) is 9.18 Å². The number of likely N-dealkylation sites (tertiary alicyclic amines) is 1. The lowest BCUT2D eigenvalue weighted by Crippen LogP contribution is -2.47. The Hall–Kier alpha value is -2.25. The van der Waals surface area contributed by atoms with E-state index in [-0.39, 0.29) is 24.2 Å². The molecule has 136 valence electrons. The first-order valence-electron chi connectivity index (χ1n) is 8.83. The number of halogens is 1. The molecule has 7 heteroatoms. The van der Waals surface area contributed by atoms with Gasteiger partial charge < -0.3 is 5.32 Å². The third-order valence-electron chi connectivity index (χ3n) is 4.71. The fourth-order valence-electron chi connectivity index (χ4n) is 3.49. The number of aromatic nitrogens is 2. The zero-order chi connectivity index (χ0) is 17.9. The summed E-state index contributed by atoms with van der Waals surface area (Å²) >= 11 is 1.56. The van der Waals surface area contributed by atoms with Gasteiger partial charge in [0.05, 0.1) is 12.1 Å². The molecule has 4 rings (SSSR count). The van der Waals surface area contributed by atoms with Crippen LogP contribution in [0.15, 0.2) is 42.0 Å². The first kappa shape index (κ1) is 17.2. The first-order chi connectivity index (χ1) is 12.7. The van der Waals surface area contributed by atoms with Crippen molar-refractivity contribution in [2.45, 2.75) is 31.8 Å². The van der Waals surface area contributed by atoms with E-state index in [1.807, 2.05) is 34.3 Å². The smallest absolute Gasteiger partial charge is 0.226 e. The molecule has 1 fully saturated rings. The Bertz CT molecular complexity index is 877. The number of nitrogens with one attached hydrogen (secondary N) is 1. The number of hydrogen-bond acceptors (Lipinski definition) is 4. The number of nitrogens with zero attached hydrogens (tertiary/aromatic N) is 3. The number of amides is 1. The van der Waals surface area contributed by atoms with Gasteiger partial charge in [-0.25, -0.2) is 9.37 Å². The standard InChI is InChI=1S/C19H21FN4OS/c20-17-6-2-1-4-14(17)11-23-7-3-5-15(12-23)21-18(25)10-16-13-24-8-9-26-19(24)22-16/h1-2,4,6,8-9,13,15H,3,5,7,10-12H2,(H,21,25)/t15-/m0/s1. The zero-order valence-corrected chi connectivity index (χ0v) is 15.2. The van der Waals surface area contributed by atoms with Gasteiger partial charge in [0, 0.05) is 42.5 Å². The highest BCUT2D eigenvalue weighted by Crippen LogP contribution is 2.16. The number of piperidine rings is 1. The molecule has 1 aromatic carbocycles. The molecule has 3 heterocycles. The summed E-state index contributed by atoms with van der Waals surface area (Å²) in [5.41, 5.74) is 1.49. The lowest BCUT2D eigenvalue weighted by atomic mass is 10.0. The Morgan fingerprint density at radius 1 is 1.38 bits per heavy atom. The topological polar surface area (TPSA) is 49.6 Å². The van der Waals surface area contributed by atoms with Crippen LogP contribution in [0, 0.1) is 5.82 Å². The Balaban J connectivity index is 1.32. The molecule has 0 spiro atoms. The lowest BCUT2D eigenvalue weighted by Gasteiger charge is -2.33. The van der Waals surface area contributed by atoms with E-state index in [2.05, 4.69) is 15.2 Å². The average molecular weight is 372 g/mol. The molecule has 1 saturated heterocycles. The maximum Gasteiger partial charge on any atom is 0.226 e. The van der Waals surface area contributed by atoms with Crippen molar-refractivity contribution in [3.05, 3.63) is 59.1 Å². The van der Waals surface area contributed by atoms with Gasteiger partial charge in [-0.05, 0) is 25.5 Å². The van der Waals surface area contributed by atoms with E-state index in [0.717, 1.165) is 36.6 Å². The summed E-state index contributed by atoms with van der Waals surface area (Å²) in [7, 11) is 0. The van der Waals surface area contributed by atoms with Gasteiger partial charge in [0.2, 0.25) is 5.91 Å². The Kier molecular flexibility index (Phi) is 4.99. The van der Waals surface area contributed by atoms with Crippen LogP contribution in [0.4, 0.5) is 4.39 Å². The van der Waals surface area contributed by atoms with E-state index in [0.29, 0.717) is 12.1 Å². The largest absolute Gasteiger partial charge is 0.352 e. The third kappa shape index (κ3) is 3.94. The molecule has 1 aliphatic rings. The highest BCUT2D eigenvalue weighted by molar-refractivity contribution is 7.15. The van der Waals surface area contributed by atoms with Gasteiger partial charge >= 0.3 is 0 Å². The molecule has 1 atom stereocenters. The van der Waals surface area contributed by atoms with Gasteiger partial charge in [-0.2, -0.15) is 0 Å². The minimum Gasteiger partial charge on any atom is -0.352 e. The highest BCUT2D eigenvalue weighted by Gasteiger charge is 2.22. The number of thiazole rings is 1. The average Bonchev–Trinajstić information content (AvgIpc) is 3.18. The molecule has 1 N–H and O–H groups in total. The highest BCUT2D eigenvalue weighted by atomic mass is 32.1. The Labute approximate surface area is 155 Å². The van der Waals surface area contributed by atoms with Gasteiger partial charge in [-0.3, -0.25) is 14.1 Å². The molecule has 5 nitrogen and oxygen atoms in total. The summed E-state index contributed by atoms with van der Waals surface area (Å²) in [6, 6.07) is 6.98. The summed E-state index contributed by atoms with van der Waals surface area (Å²) in [5.74, 6) is -0.174. The number of rotatable bonds is 5. The summed E-state index contributed by atoms with van der Waals surface area (Å²) in [6.07, 6.45) is 6.09. The van der Waals surface area contributed by atoms with Gasteiger partial charge in [-0.1, -0.05) is 18.2 Å². The quantitative estimate of drug-likeness (QED) is 0.749. The van der Waals surface area contributed by atoms with Crippen molar-refractivity contribution < 1.29 is 9.18 Å². The second-order valence-electron chi connectivity index (χ2n) is 6.74. The predicted molar refractivity (Wildman–Crippen MR) is 99.6 cm³/mol. The van der Waals surface area contributed by atoms with Crippen LogP contribution < -0.4 is 5.32 Å². The van der Waals surface area contributed by atoms with Crippen LogP contribution in [0.25, 0.3) is 4.96 Å². The van der Waals surface area contributed by atoms with Crippen molar-refractivity contribution in [1.82, 2.24) is 19.6 Å². The van der Waals surface area contributed by atoms with Crippen molar-refractivity contribution in [2.75, 3.05) is 13.1 Å². The molecule has 3 aromatic rings. The molecular weight excluding hydrogens is 351 g/mol. The van der Waals surface area contributed by atoms with E-state index in [1.54, 1.807) is 17.4 Å². The number of carbonyl (C=O) groups excluding carboxylic acids is 1. The van der Waals surface area contributed by atoms with E-state index < -0.39 is 0 Å². The van der Waals surface area contributed by atoms with Gasteiger partial charge in [-0.15, -0.1) is 11.3 Å². The van der Waals surface area contributed by atoms with Crippen LogP contribution in [0.1, 0.15) is 24.1 Å². The molecule has 0 radical (unpaired) electrons. The third-order valence-corrected chi connectivity index (χ3v) is 5.48. The summed E-state index contributed by atoms with van der Waals surface area (Å²) in [5, 5.41) is 5.08. The van der Waals surface area contributed by atoms with Crippen LogP contribution in [-0.4, -0.2) is 39.3 Å². The molecular formula is C19H21FN4OS. The molecule has 0 aliphatic carbocycles. The second kappa shape index (κ2) is 7.55. The van der Waals surface area contributed by atoms with Crippen LogP contribution in [-0.2, 0) is 17.8 Å². The fourth-order valence-corrected chi connectivity index (χ4v) is 4.21. The SMILES string of the molecule is O=C(Cc1cn2ccsc2n1)N[C@H]1CCCN(Cc2ccccc2F)C1. The van der Waals surface area contributed by atoms with Gasteiger partial charge in [0.25, 0.3) is 0 Å². The maximum absolute atomic E-state index is 13.9. The van der Waals surface area contributed by atoms with Gasteiger partial charge in [0.1, 0.15) is 5.82 Å². The molecule has 1 amide bonds. The first-order valence-corrected chi connectivity index (χ1v) is 9.71. The number of fused-ring (bicyclic) bond motifs is 1. The van der Waals surface area contributed by atoms with Crippen molar-refractivity contribution in [1.29, 1.82) is 0 Å². The number of imidazole rings is 1. The minimum atomic E-state index is -0.168. The second-order valence-corrected chi connectivity index (χ2v) is 7.61. The van der Waals surface area contributed by atoms with Crippen LogP contribution in [0.2, 0.25) is 0 Å². The van der Waals surface area contributed by atoms with E-state index in [1.165, 1.54) is 6.07 Å². The van der Waals surface area contributed by atoms with Gasteiger partial charge in [0.15, 0.2) is 4.96 Å². The van der Waals surface area contributed by atoms with Crippen molar-refractivity contribution in [2.24, 2.45) is 0 Å². The number of benzene rings is 1. The fraction of sp³-hybridized carbons (Fsp3) is 0.368. The molecule has 0 saturated carbocycles. The van der Waals surface area contributed by atoms with E-state index in [4.69, 9.17) is 0 Å². The number of carbonyl (C=O) groups is 1. The monoisotopic (exact) mass is 372 g/mol. The predicted octanol–water partition coefficient (Wildman–Crippen LogP) is 2.86. The van der Waals surface area contributed by atoms with E-state index >= 15 is 0 Å². The number of hydrogen-bond donors (Lipinski definition) is 1. The van der Waals surface area contributed by atoms with Crippen molar-refractivity contribution >= 4 is 22.2 Å². The van der Waals surface area contributed by atoms with Crippen LogP contribution >= 0.6 is 11.3 Å². The molecule has 0 unspecified atom stereocenters. The molecule has 26 heavy (non-hydrogen) atoms. The zero-order valence-electron chi connectivity index (χ0n) is 14.4. The summed E-state index contributed by atoms with van der Waals surface area (Å²) in [6.45, 7) is 2.26. The summed E-state index contributed by atoms with van der Waals surface area (Å²) in [4.78, 5) is 19.9. The van der Waals surface area contributed by atoms with Crippen molar-refractivity contribution in [3.8, 4) is 0 Å². The summed E-state index contributed by atoms with van der Waals surface area (Å²) < 4.78 is 15.8. The Morgan fingerprint density at radius 3 is 3.12 bits per heavy atom. The van der Waals surface area contributed by atoms with Crippen LogP contribution in [0.5, 0.6) is 0 Å². The minimum absolute atomic E-state index is 0.00602. The Morgan fingerprint density at radius 2 is 2.27 bits per heavy atom. The normalized spacial score (nSPS) is 18.3. The molecule has 1 aliphatic heterocycles. The lowest BCUT2D eigenvalue weighted by molar-refractivity contribution is -0.121. The maximum atomic E-state index is 13.9. The van der Waals surface area contributed by atoms with Crippen molar-refractivity contribution in [3.63, 3.8) is 0 Å². The molecule has 2 aromatic heterocycles.